The van der Waals surface area contributed by atoms with E-state index in [1.54, 1.807) is 7.11 Å². The van der Waals surface area contributed by atoms with E-state index in [9.17, 15) is 0 Å². The highest BCUT2D eigenvalue weighted by atomic mass is 16.5. The van der Waals surface area contributed by atoms with Crippen LogP contribution in [0.1, 0.15) is 20.3 Å². The van der Waals surface area contributed by atoms with Crippen LogP contribution >= 0.6 is 0 Å². The van der Waals surface area contributed by atoms with Crippen molar-refractivity contribution in [2.24, 2.45) is 0 Å². The third kappa shape index (κ3) is 3.39. The molecule has 4 nitrogen and oxygen atoms in total. The SMILES string of the molecule is CCNC1CC(Oc2ccc(OC)cc2)C1OCC. The second kappa shape index (κ2) is 6.78. The lowest BCUT2D eigenvalue weighted by Gasteiger charge is -2.44. The fourth-order valence-electron chi connectivity index (χ4n) is 2.40. The molecule has 1 aliphatic rings. The molecule has 1 saturated carbocycles. The normalized spacial score (nSPS) is 25.7. The molecule has 1 aromatic carbocycles. The van der Waals surface area contributed by atoms with E-state index >= 15 is 0 Å². The minimum absolute atomic E-state index is 0.136. The summed E-state index contributed by atoms with van der Waals surface area (Å²) in [4.78, 5) is 0. The highest BCUT2D eigenvalue weighted by Crippen LogP contribution is 2.29. The largest absolute Gasteiger partial charge is 0.497 e. The number of ether oxygens (including phenoxy) is 3. The molecule has 1 fully saturated rings. The quantitative estimate of drug-likeness (QED) is 0.820. The Balaban J connectivity index is 1.91. The summed E-state index contributed by atoms with van der Waals surface area (Å²) >= 11 is 0. The van der Waals surface area contributed by atoms with Crippen LogP contribution in [-0.4, -0.2) is 38.5 Å². The summed E-state index contributed by atoms with van der Waals surface area (Å²) < 4.78 is 16.9. The van der Waals surface area contributed by atoms with Crippen molar-refractivity contribution in [3.8, 4) is 11.5 Å². The summed E-state index contributed by atoms with van der Waals surface area (Å²) in [5.74, 6) is 1.71. The molecule has 106 valence electrons. The third-order valence-corrected chi connectivity index (χ3v) is 3.42. The lowest BCUT2D eigenvalue weighted by Crippen LogP contribution is -2.61. The summed E-state index contributed by atoms with van der Waals surface area (Å²) in [6.45, 7) is 5.81. The Morgan fingerprint density at radius 1 is 1.16 bits per heavy atom. The Hall–Kier alpha value is -1.26. The molecule has 0 saturated heterocycles. The van der Waals surface area contributed by atoms with E-state index in [4.69, 9.17) is 14.2 Å². The molecule has 4 heteroatoms. The van der Waals surface area contributed by atoms with Crippen molar-refractivity contribution in [2.45, 2.75) is 38.5 Å². The van der Waals surface area contributed by atoms with Crippen molar-refractivity contribution < 1.29 is 14.2 Å². The molecule has 19 heavy (non-hydrogen) atoms. The number of nitrogens with one attached hydrogen (secondary N) is 1. The Kier molecular flexibility index (Phi) is 5.05. The van der Waals surface area contributed by atoms with Gasteiger partial charge in [0.15, 0.2) is 0 Å². The summed E-state index contributed by atoms with van der Waals surface area (Å²) in [6, 6.07) is 8.09. The number of benzene rings is 1. The monoisotopic (exact) mass is 265 g/mol. The van der Waals surface area contributed by atoms with Gasteiger partial charge in [0, 0.05) is 19.1 Å². The van der Waals surface area contributed by atoms with Crippen LogP contribution in [0.3, 0.4) is 0 Å². The zero-order chi connectivity index (χ0) is 13.7. The molecule has 0 amide bonds. The highest BCUT2D eigenvalue weighted by Gasteiger charge is 2.43. The zero-order valence-electron chi connectivity index (χ0n) is 11.9. The molecule has 0 bridgehead atoms. The lowest BCUT2D eigenvalue weighted by atomic mass is 9.85. The van der Waals surface area contributed by atoms with Gasteiger partial charge in [-0.1, -0.05) is 6.92 Å². The molecule has 0 aliphatic heterocycles. The highest BCUT2D eigenvalue weighted by molar-refractivity contribution is 5.31. The standard InChI is InChI=1S/C15H23NO3/c1-4-16-13-10-14(15(13)18-5-2)19-12-8-6-11(17-3)7-9-12/h6-9,13-16H,4-5,10H2,1-3H3. The number of rotatable bonds is 7. The number of methoxy groups -OCH3 is 1. The Morgan fingerprint density at radius 2 is 1.84 bits per heavy atom. The van der Waals surface area contributed by atoms with E-state index in [2.05, 4.69) is 12.2 Å². The molecule has 0 heterocycles. The van der Waals surface area contributed by atoms with E-state index in [0.29, 0.717) is 6.04 Å². The van der Waals surface area contributed by atoms with Crippen molar-refractivity contribution in [3.05, 3.63) is 24.3 Å². The van der Waals surface area contributed by atoms with Crippen molar-refractivity contribution in [1.82, 2.24) is 5.32 Å². The average molecular weight is 265 g/mol. The van der Waals surface area contributed by atoms with Crippen molar-refractivity contribution in [3.63, 3.8) is 0 Å². The van der Waals surface area contributed by atoms with Gasteiger partial charge in [0.2, 0.25) is 0 Å². The first-order valence-electron chi connectivity index (χ1n) is 6.94. The lowest BCUT2D eigenvalue weighted by molar-refractivity contribution is -0.104. The second-order valence-corrected chi connectivity index (χ2v) is 4.65. The molecule has 1 aromatic rings. The number of hydrogen-bond donors (Lipinski definition) is 1. The molecule has 0 radical (unpaired) electrons. The molecule has 1 aliphatic carbocycles. The maximum absolute atomic E-state index is 5.97. The zero-order valence-corrected chi connectivity index (χ0v) is 11.9. The van der Waals surface area contributed by atoms with Crippen LogP contribution in [0.4, 0.5) is 0 Å². The molecule has 3 atom stereocenters. The Labute approximate surface area is 115 Å². The van der Waals surface area contributed by atoms with Crippen molar-refractivity contribution >= 4 is 0 Å². The maximum Gasteiger partial charge on any atom is 0.128 e. The third-order valence-electron chi connectivity index (χ3n) is 3.42. The van der Waals surface area contributed by atoms with E-state index in [1.807, 2.05) is 31.2 Å². The first-order chi connectivity index (χ1) is 9.28. The molecule has 0 aromatic heterocycles. The van der Waals surface area contributed by atoms with Gasteiger partial charge in [-0.3, -0.25) is 0 Å². The van der Waals surface area contributed by atoms with Crippen LogP contribution in [0, 0.1) is 0 Å². The smallest absolute Gasteiger partial charge is 0.128 e. The molecule has 3 unspecified atom stereocenters. The van der Waals surface area contributed by atoms with Crippen molar-refractivity contribution in [2.75, 3.05) is 20.3 Å². The van der Waals surface area contributed by atoms with Crippen LogP contribution in [-0.2, 0) is 4.74 Å². The van der Waals surface area contributed by atoms with Crippen LogP contribution in [0.2, 0.25) is 0 Å². The Morgan fingerprint density at radius 3 is 2.42 bits per heavy atom. The predicted octanol–water partition coefficient (Wildman–Crippen LogP) is 2.23. The van der Waals surface area contributed by atoms with Gasteiger partial charge in [-0.05, 0) is 37.7 Å². The van der Waals surface area contributed by atoms with Gasteiger partial charge in [0.05, 0.1) is 7.11 Å². The second-order valence-electron chi connectivity index (χ2n) is 4.65. The van der Waals surface area contributed by atoms with E-state index in [0.717, 1.165) is 31.1 Å². The summed E-state index contributed by atoms with van der Waals surface area (Å²) in [6.07, 6.45) is 1.27. The fraction of sp³-hybridized carbons (Fsp3) is 0.600. The van der Waals surface area contributed by atoms with Crippen LogP contribution in [0.25, 0.3) is 0 Å². The minimum atomic E-state index is 0.136. The molecular weight excluding hydrogens is 242 g/mol. The summed E-state index contributed by atoms with van der Waals surface area (Å²) in [5, 5.41) is 3.43. The van der Waals surface area contributed by atoms with Crippen LogP contribution in [0.15, 0.2) is 24.3 Å². The maximum atomic E-state index is 5.97. The van der Waals surface area contributed by atoms with Gasteiger partial charge in [-0.25, -0.2) is 0 Å². The minimum Gasteiger partial charge on any atom is -0.497 e. The molecule has 1 N–H and O–H groups in total. The van der Waals surface area contributed by atoms with Crippen LogP contribution in [0.5, 0.6) is 11.5 Å². The van der Waals surface area contributed by atoms with Gasteiger partial charge >= 0.3 is 0 Å². The average Bonchev–Trinajstić information content (AvgIpc) is 2.44. The summed E-state index contributed by atoms with van der Waals surface area (Å²) in [5.41, 5.74) is 0. The van der Waals surface area contributed by atoms with Gasteiger partial charge in [-0.15, -0.1) is 0 Å². The molecular formula is C15H23NO3. The topological polar surface area (TPSA) is 39.7 Å². The first kappa shape index (κ1) is 14.2. The predicted molar refractivity (Wildman–Crippen MR) is 74.9 cm³/mol. The van der Waals surface area contributed by atoms with Gasteiger partial charge in [0.25, 0.3) is 0 Å². The van der Waals surface area contributed by atoms with Gasteiger partial charge in [0.1, 0.15) is 23.7 Å². The first-order valence-corrected chi connectivity index (χ1v) is 6.94. The number of hydrogen-bond acceptors (Lipinski definition) is 4. The fourth-order valence-corrected chi connectivity index (χ4v) is 2.40. The van der Waals surface area contributed by atoms with E-state index in [-0.39, 0.29) is 12.2 Å². The van der Waals surface area contributed by atoms with E-state index < -0.39 is 0 Å². The van der Waals surface area contributed by atoms with E-state index in [1.165, 1.54) is 0 Å². The van der Waals surface area contributed by atoms with Gasteiger partial charge < -0.3 is 19.5 Å². The van der Waals surface area contributed by atoms with Gasteiger partial charge in [-0.2, -0.15) is 0 Å². The molecule has 2 rings (SSSR count). The Bertz CT molecular complexity index is 379. The summed E-state index contributed by atoms with van der Waals surface area (Å²) in [7, 11) is 1.66. The number of likely N-dealkylation sites (N-methyl/N-ethyl adjacent to an activating group) is 1. The molecule has 0 spiro atoms. The van der Waals surface area contributed by atoms with Crippen molar-refractivity contribution in [1.29, 1.82) is 0 Å². The van der Waals surface area contributed by atoms with Crippen LogP contribution < -0.4 is 14.8 Å².